The molecule has 1 aromatic rings. The first-order chi connectivity index (χ1) is 8.64. The van der Waals surface area contributed by atoms with E-state index in [1.54, 1.807) is 0 Å². The van der Waals surface area contributed by atoms with Gasteiger partial charge in [0.05, 0.1) is 10.6 Å². The minimum absolute atomic E-state index is 0. The Morgan fingerprint density at radius 3 is 2.20 bits per heavy atom. The second kappa shape index (κ2) is 7.48. The first-order valence-electron chi connectivity index (χ1n) is 5.95. The van der Waals surface area contributed by atoms with Gasteiger partial charge in [0.25, 0.3) is 0 Å². The van der Waals surface area contributed by atoms with E-state index >= 15 is 0 Å². The highest BCUT2D eigenvalue weighted by Gasteiger charge is 2.36. The van der Waals surface area contributed by atoms with Crippen molar-refractivity contribution in [1.82, 2.24) is 0 Å². The van der Waals surface area contributed by atoms with Crippen LogP contribution in [0.5, 0.6) is 0 Å². The molecule has 7 heteroatoms. The van der Waals surface area contributed by atoms with E-state index in [0.717, 1.165) is 12.1 Å². The molecule has 0 fully saturated rings. The van der Waals surface area contributed by atoms with Crippen LogP contribution in [0, 0.1) is 11.7 Å². The maximum Gasteiger partial charge on any atom is 0.416 e. The van der Waals surface area contributed by atoms with Crippen molar-refractivity contribution in [3.05, 3.63) is 34.1 Å². The quantitative estimate of drug-likeness (QED) is 0.738. The highest BCUT2D eigenvalue weighted by molar-refractivity contribution is 6.30. The van der Waals surface area contributed by atoms with Crippen LogP contribution in [0.2, 0.25) is 5.02 Å². The number of hydrogen-bond acceptors (Lipinski definition) is 1. The van der Waals surface area contributed by atoms with Gasteiger partial charge in [-0.05, 0) is 30.9 Å². The second-order valence-electron chi connectivity index (χ2n) is 4.90. The molecule has 0 amide bonds. The Morgan fingerprint density at radius 1 is 1.20 bits per heavy atom. The highest BCUT2D eigenvalue weighted by Crippen LogP contribution is 2.38. The third-order valence-corrected chi connectivity index (χ3v) is 3.16. The molecule has 2 N–H and O–H groups in total. The van der Waals surface area contributed by atoms with Crippen molar-refractivity contribution < 1.29 is 17.6 Å². The maximum absolute atomic E-state index is 13.9. The van der Waals surface area contributed by atoms with E-state index < -0.39 is 29.2 Å². The van der Waals surface area contributed by atoms with Crippen molar-refractivity contribution in [2.24, 2.45) is 11.7 Å². The summed E-state index contributed by atoms with van der Waals surface area (Å²) in [7, 11) is 0. The summed E-state index contributed by atoms with van der Waals surface area (Å²) in [5, 5.41) is -0.344. The van der Waals surface area contributed by atoms with Crippen LogP contribution < -0.4 is 5.73 Å². The van der Waals surface area contributed by atoms with Crippen LogP contribution in [-0.4, -0.2) is 0 Å². The Bertz CT molecular complexity index is 447. The molecule has 0 aliphatic carbocycles. The zero-order valence-corrected chi connectivity index (χ0v) is 12.7. The van der Waals surface area contributed by atoms with Crippen molar-refractivity contribution in [3.8, 4) is 0 Å². The Morgan fingerprint density at radius 2 is 1.75 bits per heavy atom. The molecule has 1 nitrogen and oxygen atoms in total. The number of halogens is 6. The lowest BCUT2D eigenvalue weighted by molar-refractivity contribution is -0.138. The predicted octanol–water partition coefficient (Wildman–Crippen LogP) is 5.36. The summed E-state index contributed by atoms with van der Waals surface area (Å²) >= 11 is 5.54. The third kappa shape index (κ3) is 4.79. The fraction of sp³-hybridized carbons (Fsp3) is 0.538. The Hall–Kier alpha value is -0.520. The van der Waals surface area contributed by atoms with Crippen molar-refractivity contribution in [2.45, 2.75) is 38.9 Å². The van der Waals surface area contributed by atoms with Crippen LogP contribution in [0.15, 0.2) is 12.1 Å². The maximum atomic E-state index is 13.9. The van der Waals surface area contributed by atoms with E-state index in [4.69, 9.17) is 17.3 Å². The van der Waals surface area contributed by atoms with Gasteiger partial charge in [-0.15, -0.1) is 12.4 Å². The predicted molar refractivity (Wildman–Crippen MR) is 74.7 cm³/mol. The average molecular weight is 334 g/mol. The molecule has 1 aromatic carbocycles. The lowest BCUT2D eigenvalue weighted by atomic mass is 9.94. The third-order valence-electron chi connectivity index (χ3n) is 2.86. The van der Waals surface area contributed by atoms with E-state index in [1.807, 2.05) is 13.8 Å². The van der Waals surface area contributed by atoms with E-state index in [9.17, 15) is 17.6 Å². The van der Waals surface area contributed by atoms with Gasteiger partial charge in [0.15, 0.2) is 0 Å². The van der Waals surface area contributed by atoms with Gasteiger partial charge >= 0.3 is 6.18 Å². The van der Waals surface area contributed by atoms with E-state index in [1.165, 1.54) is 0 Å². The van der Waals surface area contributed by atoms with Gasteiger partial charge in [0, 0.05) is 11.6 Å². The molecule has 0 aromatic heterocycles. The van der Waals surface area contributed by atoms with Crippen LogP contribution in [0.25, 0.3) is 0 Å². The first-order valence-corrected chi connectivity index (χ1v) is 6.33. The summed E-state index contributed by atoms with van der Waals surface area (Å²) in [6.07, 6.45) is -3.75. The van der Waals surface area contributed by atoms with Crippen LogP contribution in [0.3, 0.4) is 0 Å². The molecule has 0 heterocycles. The minimum atomic E-state index is -4.64. The van der Waals surface area contributed by atoms with E-state index in [-0.39, 0.29) is 29.8 Å². The molecule has 0 aliphatic heterocycles. The van der Waals surface area contributed by atoms with Crippen molar-refractivity contribution in [3.63, 3.8) is 0 Å². The summed E-state index contributed by atoms with van der Waals surface area (Å²) in [6.45, 7) is 3.84. The van der Waals surface area contributed by atoms with Gasteiger partial charge in [-0.25, -0.2) is 4.39 Å². The van der Waals surface area contributed by atoms with Crippen LogP contribution in [0.4, 0.5) is 17.6 Å². The normalized spacial score (nSPS) is 13.2. The van der Waals surface area contributed by atoms with Gasteiger partial charge < -0.3 is 5.73 Å². The fourth-order valence-corrected chi connectivity index (χ4v) is 2.00. The van der Waals surface area contributed by atoms with Crippen molar-refractivity contribution in [2.75, 3.05) is 0 Å². The minimum Gasteiger partial charge on any atom is -0.324 e. The fourth-order valence-electron chi connectivity index (χ4n) is 1.83. The van der Waals surface area contributed by atoms with Crippen LogP contribution in [0.1, 0.15) is 43.9 Å². The molecule has 1 atom stereocenters. The Labute approximate surface area is 126 Å². The standard InChI is InChI=1S/C13H16ClF4N.ClH/c1-7(2)3-6-10(19)11-8(13(16,17)18)4-5-9(14)12(11)15;/h4-5,7,10H,3,6,19H2,1-2H3;1H/t10-;/m1./s1. The van der Waals surface area contributed by atoms with Crippen LogP contribution >= 0.6 is 24.0 Å². The molecular formula is C13H17Cl2F4N. The van der Waals surface area contributed by atoms with Gasteiger partial charge in [-0.3, -0.25) is 0 Å². The molecule has 0 aliphatic rings. The molecule has 0 unspecified atom stereocenters. The summed E-state index contributed by atoms with van der Waals surface area (Å²) in [5.74, 6) is -0.796. The number of alkyl halides is 3. The number of benzene rings is 1. The first kappa shape index (κ1) is 19.5. The summed E-state index contributed by atoms with van der Waals surface area (Å²) in [4.78, 5) is 0. The molecule has 0 saturated carbocycles. The van der Waals surface area contributed by atoms with Crippen molar-refractivity contribution >= 4 is 24.0 Å². The SMILES string of the molecule is CC(C)CC[C@@H](N)c1c(C(F)(F)F)ccc(Cl)c1F.Cl. The van der Waals surface area contributed by atoms with E-state index in [2.05, 4.69) is 0 Å². The second-order valence-corrected chi connectivity index (χ2v) is 5.31. The number of rotatable bonds is 4. The molecule has 116 valence electrons. The Balaban J connectivity index is 0.00000361. The molecule has 0 spiro atoms. The van der Waals surface area contributed by atoms with Gasteiger partial charge in [0.2, 0.25) is 0 Å². The zero-order valence-electron chi connectivity index (χ0n) is 11.1. The summed E-state index contributed by atoms with van der Waals surface area (Å²) in [6, 6.07) is 0.659. The van der Waals surface area contributed by atoms with E-state index in [0.29, 0.717) is 6.42 Å². The molecule has 20 heavy (non-hydrogen) atoms. The highest BCUT2D eigenvalue weighted by atomic mass is 35.5. The average Bonchev–Trinajstić information content (AvgIpc) is 2.27. The lowest BCUT2D eigenvalue weighted by Crippen LogP contribution is -2.20. The smallest absolute Gasteiger partial charge is 0.324 e. The van der Waals surface area contributed by atoms with Gasteiger partial charge in [0.1, 0.15) is 5.82 Å². The number of nitrogens with two attached hydrogens (primary N) is 1. The lowest BCUT2D eigenvalue weighted by Gasteiger charge is -2.20. The van der Waals surface area contributed by atoms with Crippen molar-refractivity contribution in [1.29, 1.82) is 0 Å². The molecule has 1 rings (SSSR count). The van der Waals surface area contributed by atoms with Gasteiger partial charge in [-0.2, -0.15) is 13.2 Å². The molecule has 0 bridgehead atoms. The molecule has 0 radical (unpaired) electrons. The van der Waals surface area contributed by atoms with Crippen LogP contribution in [-0.2, 0) is 6.18 Å². The zero-order chi connectivity index (χ0) is 14.8. The monoisotopic (exact) mass is 333 g/mol. The molecule has 0 saturated heterocycles. The molecular weight excluding hydrogens is 317 g/mol. The number of hydrogen-bond donors (Lipinski definition) is 1. The summed E-state index contributed by atoms with van der Waals surface area (Å²) in [5.41, 5.74) is 4.12. The van der Waals surface area contributed by atoms with Gasteiger partial charge in [-0.1, -0.05) is 25.4 Å². The Kier molecular flexibility index (Phi) is 7.28. The topological polar surface area (TPSA) is 26.0 Å². The summed E-state index contributed by atoms with van der Waals surface area (Å²) < 4.78 is 52.4. The largest absolute Gasteiger partial charge is 0.416 e.